The number of benzene rings is 2. The summed E-state index contributed by atoms with van der Waals surface area (Å²) in [6, 6.07) is 15.9. The predicted molar refractivity (Wildman–Crippen MR) is 87.1 cm³/mol. The number of methoxy groups -OCH3 is 1. The van der Waals surface area contributed by atoms with Gasteiger partial charge in [-0.3, -0.25) is 4.98 Å². The van der Waals surface area contributed by atoms with E-state index < -0.39 is 0 Å². The maximum absolute atomic E-state index is 6.13. The molecule has 0 amide bonds. The van der Waals surface area contributed by atoms with Crippen LogP contribution >= 0.6 is 11.6 Å². The van der Waals surface area contributed by atoms with Gasteiger partial charge in [0.15, 0.2) is 0 Å². The van der Waals surface area contributed by atoms with Gasteiger partial charge in [-0.05, 0) is 29.8 Å². The molecule has 0 bridgehead atoms. The number of nitrogens with one attached hydrogen (secondary N) is 1. The van der Waals surface area contributed by atoms with Crippen LogP contribution in [0.2, 0.25) is 5.02 Å². The Bertz CT molecular complexity index is 768. The van der Waals surface area contributed by atoms with Crippen molar-refractivity contribution in [1.29, 1.82) is 0 Å². The van der Waals surface area contributed by atoms with E-state index in [2.05, 4.69) is 28.5 Å². The molecule has 0 aliphatic carbocycles. The molecular formula is C17H15ClN2O. The standard InChI is InChI=1S/C17H15ClN2O/c1-21-16-8-7-14(10-15(16)18)20-11-13-5-2-4-12-6-3-9-19-17(12)13/h2-10,20H,11H2,1H3. The van der Waals surface area contributed by atoms with Gasteiger partial charge in [-0.25, -0.2) is 0 Å². The SMILES string of the molecule is COc1ccc(NCc2cccc3cccnc23)cc1Cl. The number of halogens is 1. The number of ether oxygens (including phenoxy) is 1. The number of hydrogen-bond acceptors (Lipinski definition) is 3. The van der Waals surface area contributed by atoms with Gasteiger partial charge in [0.2, 0.25) is 0 Å². The van der Waals surface area contributed by atoms with Crippen LogP contribution in [-0.2, 0) is 6.54 Å². The summed E-state index contributed by atoms with van der Waals surface area (Å²) in [5.41, 5.74) is 3.13. The zero-order chi connectivity index (χ0) is 14.7. The van der Waals surface area contributed by atoms with Crippen LogP contribution < -0.4 is 10.1 Å². The minimum Gasteiger partial charge on any atom is -0.495 e. The first-order chi connectivity index (χ1) is 10.3. The molecule has 0 atom stereocenters. The van der Waals surface area contributed by atoms with Crippen LogP contribution in [0.4, 0.5) is 5.69 Å². The highest BCUT2D eigenvalue weighted by Gasteiger charge is 2.04. The van der Waals surface area contributed by atoms with Crippen LogP contribution in [0.1, 0.15) is 5.56 Å². The lowest BCUT2D eigenvalue weighted by Gasteiger charge is -2.10. The number of fused-ring (bicyclic) bond motifs is 1. The molecule has 3 rings (SSSR count). The van der Waals surface area contributed by atoms with Crippen LogP contribution in [0, 0.1) is 0 Å². The van der Waals surface area contributed by atoms with E-state index in [-0.39, 0.29) is 0 Å². The minimum absolute atomic E-state index is 0.596. The Morgan fingerprint density at radius 2 is 2.00 bits per heavy atom. The van der Waals surface area contributed by atoms with Gasteiger partial charge in [0, 0.05) is 23.8 Å². The van der Waals surface area contributed by atoms with Crippen molar-refractivity contribution in [2.75, 3.05) is 12.4 Å². The molecule has 0 aliphatic heterocycles. The molecule has 0 fully saturated rings. The number of pyridine rings is 1. The van der Waals surface area contributed by atoms with Gasteiger partial charge in [-0.2, -0.15) is 0 Å². The molecule has 0 saturated carbocycles. The van der Waals surface area contributed by atoms with E-state index in [1.54, 1.807) is 7.11 Å². The number of aromatic nitrogens is 1. The van der Waals surface area contributed by atoms with Gasteiger partial charge < -0.3 is 10.1 Å². The highest BCUT2D eigenvalue weighted by molar-refractivity contribution is 6.32. The van der Waals surface area contributed by atoms with E-state index in [0.717, 1.165) is 22.2 Å². The number of para-hydroxylation sites is 1. The largest absolute Gasteiger partial charge is 0.495 e. The first-order valence-electron chi connectivity index (χ1n) is 6.68. The molecule has 3 aromatic rings. The summed E-state index contributed by atoms with van der Waals surface area (Å²) in [6.45, 7) is 0.691. The van der Waals surface area contributed by atoms with E-state index in [0.29, 0.717) is 17.3 Å². The molecule has 106 valence electrons. The lowest BCUT2D eigenvalue weighted by molar-refractivity contribution is 0.415. The summed E-state index contributed by atoms with van der Waals surface area (Å²) >= 11 is 6.13. The Morgan fingerprint density at radius 1 is 1.14 bits per heavy atom. The molecular weight excluding hydrogens is 284 g/mol. The smallest absolute Gasteiger partial charge is 0.137 e. The minimum atomic E-state index is 0.596. The van der Waals surface area contributed by atoms with E-state index in [1.165, 1.54) is 0 Å². The summed E-state index contributed by atoms with van der Waals surface area (Å²) in [5, 5.41) is 5.10. The van der Waals surface area contributed by atoms with E-state index in [9.17, 15) is 0 Å². The normalized spacial score (nSPS) is 10.6. The average Bonchev–Trinajstić information content (AvgIpc) is 2.53. The van der Waals surface area contributed by atoms with Crippen molar-refractivity contribution in [2.45, 2.75) is 6.54 Å². The van der Waals surface area contributed by atoms with Gasteiger partial charge in [-0.1, -0.05) is 35.9 Å². The van der Waals surface area contributed by atoms with Crippen molar-refractivity contribution in [3.05, 3.63) is 65.3 Å². The van der Waals surface area contributed by atoms with E-state index >= 15 is 0 Å². The second-order valence-corrected chi connectivity index (χ2v) is 5.10. The molecule has 1 heterocycles. The highest BCUT2D eigenvalue weighted by Crippen LogP contribution is 2.27. The summed E-state index contributed by atoms with van der Waals surface area (Å²) in [5.74, 6) is 0.675. The molecule has 3 nitrogen and oxygen atoms in total. The highest BCUT2D eigenvalue weighted by atomic mass is 35.5. The Hall–Kier alpha value is -2.26. The number of nitrogens with zero attached hydrogens (tertiary/aromatic N) is 1. The van der Waals surface area contributed by atoms with Crippen LogP contribution in [0.15, 0.2) is 54.7 Å². The summed E-state index contributed by atoms with van der Waals surface area (Å²) in [6.07, 6.45) is 1.82. The maximum atomic E-state index is 6.13. The van der Waals surface area contributed by atoms with Gasteiger partial charge >= 0.3 is 0 Å². The Morgan fingerprint density at radius 3 is 2.81 bits per heavy atom. The number of hydrogen-bond donors (Lipinski definition) is 1. The molecule has 2 aromatic carbocycles. The van der Waals surface area contributed by atoms with Crippen LogP contribution in [0.5, 0.6) is 5.75 Å². The number of anilines is 1. The van der Waals surface area contributed by atoms with E-state index in [4.69, 9.17) is 16.3 Å². The monoisotopic (exact) mass is 298 g/mol. The average molecular weight is 299 g/mol. The topological polar surface area (TPSA) is 34.1 Å². The molecule has 0 spiro atoms. The van der Waals surface area contributed by atoms with Gasteiger partial charge in [-0.15, -0.1) is 0 Å². The van der Waals surface area contributed by atoms with Gasteiger partial charge in [0.25, 0.3) is 0 Å². The summed E-state index contributed by atoms with van der Waals surface area (Å²) in [4.78, 5) is 4.45. The molecule has 0 saturated heterocycles. The van der Waals surface area contributed by atoms with Crippen molar-refractivity contribution < 1.29 is 4.74 Å². The first kappa shape index (κ1) is 13.7. The number of rotatable bonds is 4. The fourth-order valence-corrected chi connectivity index (χ4v) is 2.54. The third kappa shape index (κ3) is 2.93. The fraction of sp³-hybridized carbons (Fsp3) is 0.118. The van der Waals surface area contributed by atoms with Crippen LogP contribution in [0.3, 0.4) is 0 Å². The molecule has 0 unspecified atom stereocenters. The Labute approximate surface area is 128 Å². The Kier molecular flexibility index (Phi) is 3.93. The third-order valence-corrected chi connectivity index (χ3v) is 3.65. The second kappa shape index (κ2) is 6.02. The molecule has 0 aliphatic rings. The van der Waals surface area contributed by atoms with Crippen LogP contribution in [-0.4, -0.2) is 12.1 Å². The van der Waals surface area contributed by atoms with Crippen molar-refractivity contribution in [2.24, 2.45) is 0 Å². The first-order valence-corrected chi connectivity index (χ1v) is 7.06. The molecule has 1 N–H and O–H groups in total. The van der Waals surface area contributed by atoms with Gasteiger partial charge in [0.1, 0.15) is 5.75 Å². The Balaban J connectivity index is 1.82. The van der Waals surface area contributed by atoms with Crippen molar-refractivity contribution in [3.8, 4) is 5.75 Å². The van der Waals surface area contributed by atoms with E-state index in [1.807, 2.05) is 36.5 Å². The maximum Gasteiger partial charge on any atom is 0.137 e. The molecule has 4 heteroatoms. The second-order valence-electron chi connectivity index (χ2n) is 4.70. The predicted octanol–water partition coefficient (Wildman–Crippen LogP) is 4.51. The quantitative estimate of drug-likeness (QED) is 0.769. The molecule has 0 radical (unpaired) electrons. The summed E-state index contributed by atoms with van der Waals surface area (Å²) in [7, 11) is 1.61. The zero-order valence-electron chi connectivity index (χ0n) is 11.6. The third-order valence-electron chi connectivity index (χ3n) is 3.35. The molecule has 1 aromatic heterocycles. The van der Waals surface area contributed by atoms with Crippen molar-refractivity contribution in [1.82, 2.24) is 4.98 Å². The lowest BCUT2D eigenvalue weighted by Crippen LogP contribution is -2.01. The lowest BCUT2D eigenvalue weighted by atomic mass is 10.1. The zero-order valence-corrected chi connectivity index (χ0v) is 12.4. The van der Waals surface area contributed by atoms with Crippen LogP contribution in [0.25, 0.3) is 10.9 Å². The fourth-order valence-electron chi connectivity index (χ4n) is 2.28. The van der Waals surface area contributed by atoms with Crippen molar-refractivity contribution >= 4 is 28.2 Å². The summed E-state index contributed by atoms with van der Waals surface area (Å²) < 4.78 is 5.15. The molecule has 21 heavy (non-hydrogen) atoms. The van der Waals surface area contributed by atoms with Crippen molar-refractivity contribution in [3.63, 3.8) is 0 Å². The van der Waals surface area contributed by atoms with Gasteiger partial charge in [0.05, 0.1) is 17.6 Å².